The third-order valence-electron chi connectivity index (χ3n) is 7.22. The number of hydrogen-bond donors (Lipinski definition) is 1. The third kappa shape index (κ3) is 5.95. The highest BCUT2D eigenvalue weighted by Gasteiger charge is 2.38. The van der Waals surface area contributed by atoms with Crippen LogP contribution in [0.25, 0.3) is 0 Å². The number of hydrogen-bond acceptors (Lipinski definition) is 5. The predicted molar refractivity (Wildman–Crippen MR) is 138 cm³/mol. The van der Waals surface area contributed by atoms with Gasteiger partial charge in [-0.05, 0) is 78.1 Å². The summed E-state index contributed by atoms with van der Waals surface area (Å²) in [5.74, 6) is 6.11. The molecule has 0 saturated heterocycles. The van der Waals surface area contributed by atoms with E-state index in [1.165, 1.54) is 11.3 Å². The number of rotatable bonds is 5. The van der Waals surface area contributed by atoms with Crippen LogP contribution in [0.4, 0.5) is 5.69 Å². The van der Waals surface area contributed by atoms with Gasteiger partial charge >= 0.3 is 5.97 Å². The van der Waals surface area contributed by atoms with Crippen molar-refractivity contribution in [2.75, 3.05) is 4.90 Å². The molecule has 2 aliphatic rings. The lowest BCUT2D eigenvalue weighted by atomic mass is 9.81. The largest absolute Gasteiger partial charge is 0.477 e. The van der Waals surface area contributed by atoms with Crippen molar-refractivity contribution in [3.8, 4) is 11.8 Å². The van der Waals surface area contributed by atoms with Gasteiger partial charge in [-0.1, -0.05) is 18.8 Å². The summed E-state index contributed by atoms with van der Waals surface area (Å²) in [6.45, 7) is 8.33. The van der Waals surface area contributed by atoms with Gasteiger partial charge in [0.25, 0.3) is 0 Å². The lowest BCUT2D eigenvalue weighted by Gasteiger charge is -2.39. The van der Waals surface area contributed by atoms with E-state index in [0.29, 0.717) is 17.2 Å². The smallest absolute Gasteiger partial charge is 0.348 e. The molecule has 2 aliphatic carbocycles. The first-order valence-electron chi connectivity index (χ1n) is 12.7. The highest BCUT2D eigenvalue weighted by atomic mass is 32.1. The van der Waals surface area contributed by atoms with Crippen LogP contribution >= 0.6 is 11.3 Å². The number of carboxylic acids is 1. The Morgan fingerprint density at radius 1 is 1.11 bits per heavy atom. The molecule has 2 saturated carbocycles. The molecule has 0 unspecified atom stereocenters. The molecular formula is C27H36N4O3S. The molecule has 188 valence electrons. The average molecular weight is 497 g/mol. The van der Waals surface area contributed by atoms with E-state index in [0.717, 1.165) is 51.4 Å². The third-order valence-corrected chi connectivity index (χ3v) is 8.17. The molecule has 2 aromatic heterocycles. The van der Waals surface area contributed by atoms with Crippen molar-refractivity contribution in [3.63, 3.8) is 0 Å². The van der Waals surface area contributed by atoms with Crippen LogP contribution in [0, 0.1) is 29.1 Å². The van der Waals surface area contributed by atoms with Gasteiger partial charge in [0, 0.05) is 22.8 Å². The van der Waals surface area contributed by atoms with Gasteiger partial charge in [0.05, 0.1) is 17.3 Å². The molecule has 8 heteroatoms. The molecular weight excluding hydrogens is 460 g/mol. The molecule has 1 N–H and O–H groups in total. The molecule has 7 nitrogen and oxygen atoms in total. The van der Waals surface area contributed by atoms with Crippen LogP contribution in [-0.4, -0.2) is 37.8 Å². The van der Waals surface area contributed by atoms with Crippen molar-refractivity contribution in [2.45, 2.75) is 91.1 Å². The molecule has 4 rings (SSSR count). The van der Waals surface area contributed by atoms with Crippen LogP contribution < -0.4 is 4.90 Å². The van der Waals surface area contributed by atoms with Gasteiger partial charge in [-0.2, -0.15) is 5.10 Å². The summed E-state index contributed by atoms with van der Waals surface area (Å²) in [6.07, 6.45) is 10.4. The fourth-order valence-electron chi connectivity index (χ4n) is 5.25. The number of carboxylic acid groups (broad SMARTS) is 1. The maximum atomic E-state index is 14.1. The van der Waals surface area contributed by atoms with Crippen LogP contribution in [-0.2, 0) is 4.79 Å². The quantitative estimate of drug-likeness (QED) is 0.530. The molecule has 35 heavy (non-hydrogen) atoms. The molecule has 0 spiro atoms. The standard InChI is InChI=1S/C27H36N4O3S/c1-18-5-7-19(8-6-18)25(32)31(22-11-9-21(10-12-22)30-17-28-16-29-30)23-20(13-14-27(2,3)4)15-35-24(23)26(33)34/h15-19,21-22H,5-12H2,1-4H3,(H,33,34). The minimum atomic E-state index is -1.000. The number of thiophene rings is 1. The maximum Gasteiger partial charge on any atom is 0.348 e. The van der Waals surface area contributed by atoms with E-state index in [9.17, 15) is 14.7 Å². The second-order valence-electron chi connectivity index (χ2n) is 11.1. The number of nitrogens with zero attached hydrogens (tertiary/aromatic N) is 4. The molecule has 0 bridgehead atoms. The average Bonchev–Trinajstić information content (AvgIpc) is 3.49. The second kappa shape index (κ2) is 10.5. The summed E-state index contributed by atoms with van der Waals surface area (Å²) in [6, 6.07) is 0.201. The first-order chi connectivity index (χ1) is 16.6. The molecule has 0 aromatic carbocycles. The Balaban J connectivity index is 1.70. The SMILES string of the molecule is CC1CCC(C(=O)N(c2c(C#CC(C)(C)C)csc2C(=O)O)C2CCC(n3cncn3)CC2)CC1. The summed E-state index contributed by atoms with van der Waals surface area (Å²) in [7, 11) is 0. The number of amides is 1. The Kier molecular flexibility index (Phi) is 7.65. The van der Waals surface area contributed by atoms with Crippen molar-refractivity contribution < 1.29 is 14.7 Å². The van der Waals surface area contributed by atoms with E-state index >= 15 is 0 Å². The Hall–Kier alpha value is -2.66. The van der Waals surface area contributed by atoms with E-state index in [2.05, 4.69) is 28.8 Å². The van der Waals surface area contributed by atoms with E-state index in [-0.39, 0.29) is 34.2 Å². The summed E-state index contributed by atoms with van der Waals surface area (Å²) in [4.78, 5) is 32.5. The van der Waals surface area contributed by atoms with E-state index in [1.54, 1.807) is 12.7 Å². The first kappa shape index (κ1) is 25.4. The Labute approximate surface area is 211 Å². The molecule has 0 atom stereocenters. The number of carbonyl (C=O) groups excluding carboxylic acids is 1. The highest BCUT2D eigenvalue weighted by molar-refractivity contribution is 7.12. The molecule has 0 aliphatic heterocycles. The Morgan fingerprint density at radius 2 is 1.80 bits per heavy atom. The predicted octanol–water partition coefficient (Wildman–Crippen LogP) is 5.78. The van der Waals surface area contributed by atoms with Crippen molar-refractivity contribution in [2.24, 2.45) is 17.3 Å². The summed E-state index contributed by atoms with van der Waals surface area (Å²) in [5, 5.41) is 16.2. The van der Waals surface area contributed by atoms with Crippen LogP contribution in [0.3, 0.4) is 0 Å². The van der Waals surface area contributed by atoms with Gasteiger partial charge in [0.1, 0.15) is 17.5 Å². The normalized spacial score (nSPS) is 24.9. The van der Waals surface area contributed by atoms with E-state index < -0.39 is 5.97 Å². The Bertz CT molecular complexity index is 1090. The van der Waals surface area contributed by atoms with Gasteiger partial charge in [0.2, 0.25) is 5.91 Å². The lowest BCUT2D eigenvalue weighted by molar-refractivity contribution is -0.124. The van der Waals surface area contributed by atoms with Crippen LogP contribution in [0.1, 0.15) is 100 Å². The monoisotopic (exact) mass is 496 g/mol. The van der Waals surface area contributed by atoms with Gasteiger partial charge in [-0.3, -0.25) is 4.79 Å². The minimum absolute atomic E-state index is 0.0514. The zero-order chi connectivity index (χ0) is 25.2. The topological polar surface area (TPSA) is 88.3 Å². The highest BCUT2D eigenvalue weighted by Crippen LogP contribution is 2.41. The van der Waals surface area contributed by atoms with Crippen LogP contribution in [0.15, 0.2) is 18.0 Å². The van der Waals surface area contributed by atoms with Crippen molar-refractivity contribution >= 4 is 28.9 Å². The number of carbonyl (C=O) groups is 2. The zero-order valence-electron chi connectivity index (χ0n) is 21.2. The fraction of sp³-hybridized carbons (Fsp3) is 0.630. The maximum absolute atomic E-state index is 14.1. The molecule has 2 heterocycles. The van der Waals surface area contributed by atoms with Crippen molar-refractivity contribution in [1.29, 1.82) is 0 Å². The molecule has 2 aromatic rings. The van der Waals surface area contributed by atoms with Gasteiger partial charge in [-0.15, -0.1) is 11.3 Å². The molecule has 0 radical (unpaired) electrons. The summed E-state index contributed by atoms with van der Waals surface area (Å²) >= 11 is 1.17. The van der Waals surface area contributed by atoms with Gasteiger partial charge in [0.15, 0.2) is 0 Å². The van der Waals surface area contributed by atoms with Crippen LogP contribution in [0.5, 0.6) is 0 Å². The molecule has 1 amide bonds. The molecule has 2 fully saturated rings. The van der Waals surface area contributed by atoms with Gasteiger partial charge < -0.3 is 10.0 Å². The summed E-state index contributed by atoms with van der Waals surface area (Å²) < 4.78 is 1.90. The number of aromatic carboxylic acids is 1. The second-order valence-corrected chi connectivity index (χ2v) is 12.0. The van der Waals surface area contributed by atoms with Crippen LogP contribution in [0.2, 0.25) is 0 Å². The fourth-order valence-corrected chi connectivity index (χ4v) is 6.08. The van der Waals surface area contributed by atoms with E-state index in [4.69, 9.17) is 0 Å². The minimum Gasteiger partial charge on any atom is -0.477 e. The van der Waals surface area contributed by atoms with Crippen molar-refractivity contribution in [3.05, 3.63) is 28.5 Å². The Morgan fingerprint density at radius 3 is 2.37 bits per heavy atom. The van der Waals surface area contributed by atoms with E-state index in [1.807, 2.05) is 35.7 Å². The zero-order valence-corrected chi connectivity index (χ0v) is 22.0. The lowest BCUT2D eigenvalue weighted by Crippen LogP contribution is -2.47. The number of aromatic nitrogens is 3. The number of anilines is 1. The van der Waals surface area contributed by atoms with Gasteiger partial charge in [-0.25, -0.2) is 14.5 Å². The van der Waals surface area contributed by atoms with Crippen molar-refractivity contribution in [1.82, 2.24) is 14.8 Å². The summed E-state index contributed by atoms with van der Waals surface area (Å²) in [5.41, 5.74) is 0.928. The first-order valence-corrected chi connectivity index (χ1v) is 13.6.